The van der Waals surface area contributed by atoms with Gasteiger partial charge in [0.05, 0.1) is 0 Å². The fourth-order valence-corrected chi connectivity index (χ4v) is 2.81. The van der Waals surface area contributed by atoms with E-state index in [2.05, 4.69) is 29.6 Å². The van der Waals surface area contributed by atoms with Crippen molar-refractivity contribution in [3.05, 3.63) is 71.5 Å². The van der Waals surface area contributed by atoms with Gasteiger partial charge >= 0.3 is 0 Å². The summed E-state index contributed by atoms with van der Waals surface area (Å²) >= 11 is 0. The standard InChI is InChI=1S/C16H16FN/c17-14-8-4-7-13(11-14)16-15(9-10-18-16)12-5-2-1-3-6-12/h1-8,11,15-16,18H,9-10H2/t15-,16+/m1/s1. The van der Waals surface area contributed by atoms with Crippen LogP contribution < -0.4 is 5.32 Å². The summed E-state index contributed by atoms with van der Waals surface area (Å²) in [6.45, 7) is 0.987. The van der Waals surface area contributed by atoms with Crippen LogP contribution >= 0.6 is 0 Å². The third-order valence-electron chi connectivity index (χ3n) is 3.66. The fraction of sp³-hybridized carbons (Fsp3) is 0.250. The molecular weight excluding hydrogens is 225 g/mol. The lowest BCUT2D eigenvalue weighted by Gasteiger charge is -2.20. The average molecular weight is 241 g/mol. The van der Waals surface area contributed by atoms with Gasteiger partial charge in [0.25, 0.3) is 0 Å². The minimum Gasteiger partial charge on any atom is -0.309 e. The Balaban J connectivity index is 1.92. The summed E-state index contributed by atoms with van der Waals surface area (Å²) in [5, 5.41) is 3.48. The highest BCUT2D eigenvalue weighted by Crippen LogP contribution is 2.37. The van der Waals surface area contributed by atoms with E-state index in [0.717, 1.165) is 18.5 Å². The summed E-state index contributed by atoms with van der Waals surface area (Å²) in [5.41, 5.74) is 2.37. The van der Waals surface area contributed by atoms with Gasteiger partial charge in [-0.05, 0) is 36.2 Å². The Hall–Kier alpha value is -1.67. The Labute approximate surface area is 107 Å². The number of nitrogens with one attached hydrogen (secondary N) is 1. The number of rotatable bonds is 2. The molecule has 0 aromatic heterocycles. The van der Waals surface area contributed by atoms with Crippen molar-refractivity contribution in [2.24, 2.45) is 0 Å². The second-order valence-corrected chi connectivity index (χ2v) is 4.79. The second-order valence-electron chi connectivity index (χ2n) is 4.79. The van der Waals surface area contributed by atoms with E-state index in [1.807, 2.05) is 12.1 Å². The lowest BCUT2D eigenvalue weighted by atomic mass is 9.88. The molecule has 1 N–H and O–H groups in total. The Morgan fingerprint density at radius 3 is 2.50 bits per heavy atom. The first-order valence-electron chi connectivity index (χ1n) is 6.38. The van der Waals surface area contributed by atoms with Crippen LogP contribution in [-0.2, 0) is 0 Å². The molecule has 0 aliphatic carbocycles. The number of hydrogen-bond acceptors (Lipinski definition) is 1. The normalized spacial score (nSPS) is 23.2. The smallest absolute Gasteiger partial charge is 0.123 e. The monoisotopic (exact) mass is 241 g/mol. The molecular formula is C16H16FN. The van der Waals surface area contributed by atoms with Gasteiger partial charge in [-0.25, -0.2) is 4.39 Å². The van der Waals surface area contributed by atoms with Crippen LogP contribution in [0.2, 0.25) is 0 Å². The van der Waals surface area contributed by atoms with Crippen molar-refractivity contribution >= 4 is 0 Å². The van der Waals surface area contributed by atoms with Crippen molar-refractivity contribution in [3.8, 4) is 0 Å². The average Bonchev–Trinajstić information content (AvgIpc) is 2.89. The van der Waals surface area contributed by atoms with Crippen LogP contribution in [0.25, 0.3) is 0 Å². The maximum Gasteiger partial charge on any atom is 0.123 e. The van der Waals surface area contributed by atoms with Gasteiger partial charge in [0.1, 0.15) is 5.82 Å². The van der Waals surface area contributed by atoms with E-state index < -0.39 is 0 Å². The lowest BCUT2D eigenvalue weighted by Crippen LogP contribution is -2.17. The molecule has 1 fully saturated rings. The van der Waals surface area contributed by atoms with Gasteiger partial charge in [0.15, 0.2) is 0 Å². The summed E-state index contributed by atoms with van der Waals surface area (Å²) in [6, 6.07) is 17.6. The van der Waals surface area contributed by atoms with Crippen LogP contribution in [0.3, 0.4) is 0 Å². The van der Waals surface area contributed by atoms with Gasteiger partial charge in [-0.2, -0.15) is 0 Å². The van der Waals surface area contributed by atoms with E-state index in [1.165, 1.54) is 11.6 Å². The maximum absolute atomic E-state index is 13.3. The third kappa shape index (κ3) is 2.16. The molecule has 1 heterocycles. The largest absolute Gasteiger partial charge is 0.309 e. The number of halogens is 1. The molecule has 2 aromatic rings. The van der Waals surface area contributed by atoms with Crippen molar-refractivity contribution in [1.82, 2.24) is 5.32 Å². The predicted molar refractivity (Wildman–Crippen MR) is 70.9 cm³/mol. The highest BCUT2D eigenvalue weighted by atomic mass is 19.1. The summed E-state index contributed by atoms with van der Waals surface area (Å²) in [6.07, 6.45) is 1.10. The van der Waals surface area contributed by atoms with Crippen LogP contribution in [0.4, 0.5) is 4.39 Å². The molecule has 1 aliphatic rings. The topological polar surface area (TPSA) is 12.0 Å². The zero-order valence-electron chi connectivity index (χ0n) is 10.1. The van der Waals surface area contributed by atoms with Crippen LogP contribution in [0, 0.1) is 5.82 Å². The fourth-order valence-electron chi connectivity index (χ4n) is 2.81. The minimum atomic E-state index is -0.159. The molecule has 0 saturated carbocycles. The van der Waals surface area contributed by atoms with Crippen LogP contribution in [0.1, 0.15) is 29.5 Å². The predicted octanol–water partition coefficient (Wildman–Crippen LogP) is 3.64. The van der Waals surface area contributed by atoms with Gasteiger partial charge in [0.2, 0.25) is 0 Å². The van der Waals surface area contributed by atoms with E-state index in [0.29, 0.717) is 5.92 Å². The van der Waals surface area contributed by atoms with Gasteiger partial charge < -0.3 is 5.32 Å². The molecule has 0 spiro atoms. The Kier molecular flexibility index (Phi) is 3.11. The van der Waals surface area contributed by atoms with Crippen LogP contribution in [0.15, 0.2) is 54.6 Å². The molecule has 1 aliphatic heterocycles. The Morgan fingerprint density at radius 2 is 1.72 bits per heavy atom. The van der Waals surface area contributed by atoms with Crippen LogP contribution in [-0.4, -0.2) is 6.54 Å². The SMILES string of the molecule is Fc1cccc([C@@H]2NCC[C@@H]2c2ccccc2)c1. The molecule has 1 saturated heterocycles. The third-order valence-corrected chi connectivity index (χ3v) is 3.66. The van der Waals surface area contributed by atoms with Crippen molar-refractivity contribution in [2.45, 2.75) is 18.4 Å². The summed E-state index contributed by atoms with van der Waals surface area (Å²) in [7, 11) is 0. The lowest BCUT2D eigenvalue weighted by molar-refractivity contribution is 0.566. The highest BCUT2D eigenvalue weighted by molar-refractivity contribution is 5.30. The molecule has 2 heteroatoms. The molecule has 0 amide bonds. The molecule has 3 rings (SSSR count). The second kappa shape index (κ2) is 4.91. The molecule has 18 heavy (non-hydrogen) atoms. The van der Waals surface area contributed by atoms with E-state index in [4.69, 9.17) is 0 Å². The first-order chi connectivity index (χ1) is 8.84. The van der Waals surface area contributed by atoms with Gasteiger partial charge in [-0.1, -0.05) is 42.5 Å². The van der Waals surface area contributed by atoms with Gasteiger partial charge in [-0.15, -0.1) is 0 Å². The van der Waals surface area contributed by atoms with E-state index in [9.17, 15) is 4.39 Å². The molecule has 1 nitrogen and oxygen atoms in total. The number of hydrogen-bond donors (Lipinski definition) is 1. The van der Waals surface area contributed by atoms with Gasteiger partial charge in [-0.3, -0.25) is 0 Å². The molecule has 92 valence electrons. The first kappa shape index (κ1) is 11.4. The molecule has 0 radical (unpaired) electrons. The highest BCUT2D eigenvalue weighted by Gasteiger charge is 2.29. The van der Waals surface area contributed by atoms with Crippen molar-refractivity contribution in [3.63, 3.8) is 0 Å². The molecule has 2 aromatic carbocycles. The van der Waals surface area contributed by atoms with E-state index in [-0.39, 0.29) is 11.9 Å². The first-order valence-corrected chi connectivity index (χ1v) is 6.38. The summed E-state index contributed by atoms with van der Waals surface area (Å²) in [4.78, 5) is 0. The summed E-state index contributed by atoms with van der Waals surface area (Å²) < 4.78 is 13.3. The Morgan fingerprint density at radius 1 is 0.944 bits per heavy atom. The maximum atomic E-state index is 13.3. The molecule has 2 atom stereocenters. The summed E-state index contributed by atoms with van der Waals surface area (Å²) in [5.74, 6) is 0.279. The zero-order valence-corrected chi connectivity index (χ0v) is 10.1. The zero-order chi connectivity index (χ0) is 12.4. The van der Waals surface area contributed by atoms with Crippen molar-refractivity contribution < 1.29 is 4.39 Å². The number of benzene rings is 2. The Bertz CT molecular complexity index is 524. The molecule has 0 bridgehead atoms. The van der Waals surface area contributed by atoms with E-state index >= 15 is 0 Å². The van der Waals surface area contributed by atoms with Crippen molar-refractivity contribution in [2.75, 3.05) is 6.54 Å². The van der Waals surface area contributed by atoms with Gasteiger partial charge in [0, 0.05) is 12.0 Å². The van der Waals surface area contributed by atoms with Crippen molar-refractivity contribution in [1.29, 1.82) is 0 Å². The minimum absolute atomic E-state index is 0.159. The quantitative estimate of drug-likeness (QED) is 0.846. The van der Waals surface area contributed by atoms with E-state index in [1.54, 1.807) is 12.1 Å². The molecule has 0 unspecified atom stereocenters. The van der Waals surface area contributed by atoms with Crippen LogP contribution in [0.5, 0.6) is 0 Å².